The molecule has 3 heteroatoms. The quantitative estimate of drug-likeness (QED) is 0.717. The molecule has 0 amide bonds. The van der Waals surface area contributed by atoms with Gasteiger partial charge in [-0.05, 0) is 18.7 Å². The molecule has 1 aliphatic rings. The van der Waals surface area contributed by atoms with Crippen LogP contribution in [0.4, 0.5) is 5.69 Å². The van der Waals surface area contributed by atoms with E-state index >= 15 is 0 Å². The van der Waals surface area contributed by atoms with E-state index in [1.54, 1.807) is 7.11 Å². The first-order valence-electron chi connectivity index (χ1n) is 4.45. The highest BCUT2D eigenvalue weighted by molar-refractivity contribution is 5.66. The smallest absolute Gasteiger partial charge is 0.142 e. The van der Waals surface area contributed by atoms with Crippen LogP contribution in [0.3, 0.4) is 0 Å². The molecule has 70 valence electrons. The van der Waals surface area contributed by atoms with Gasteiger partial charge in [0.15, 0.2) is 0 Å². The number of hydrogen-bond acceptors (Lipinski definition) is 3. The highest BCUT2D eigenvalue weighted by atomic mass is 16.5. The van der Waals surface area contributed by atoms with Gasteiger partial charge in [-0.25, -0.2) is 0 Å². The Morgan fingerprint density at radius 3 is 3.08 bits per heavy atom. The topological polar surface area (TPSA) is 33.3 Å². The molecule has 0 saturated carbocycles. The number of fused-ring (bicyclic) bond motifs is 1. The lowest BCUT2D eigenvalue weighted by Crippen LogP contribution is -2.17. The summed E-state index contributed by atoms with van der Waals surface area (Å²) in [6.07, 6.45) is 0. The van der Waals surface area contributed by atoms with Crippen LogP contribution < -0.4 is 15.4 Å². The summed E-state index contributed by atoms with van der Waals surface area (Å²) >= 11 is 0. The van der Waals surface area contributed by atoms with Crippen LogP contribution in [0.25, 0.3) is 0 Å². The van der Waals surface area contributed by atoms with Crippen molar-refractivity contribution in [2.45, 2.75) is 6.04 Å². The highest BCUT2D eigenvalue weighted by Crippen LogP contribution is 2.36. The van der Waals surface area contributed by atoms with Gasteiger partial charge in [0.1, 0.15) is 5.75 Å². The molecule has 0 aromatic heterocycles. The van der Waals surface area contributed by atoms with Crippen LogP contribution in [0.5, 0.6) is 5.75 Å². The number of rotatable bonds is 2. The van der Waals surface area contributed by atoms with Crippen molar-refractivity contribution in [2.24, 2.45) is 0 Å². The fraction of sp³-hybridized carbons (Fsp3) is 0.400. The third-order valence-corrected chi connectivity index (χ3v) is 2.49. The van der Waals surface area contributed by atoms with E-state index in [0.717, 1.165) is 18.0 Å². The summed E-state index contributed by atoms with van der Waals surface area (Å²) in [4.78, 5) is 0. The second kappa shape index (κ2) is 3.26. The van der Waals surface area contributed by atoms with Crippen LogP contribution in [0, 0.1) is 0 Å². The van der Waals surface area contributed by atoms with Crippen LogP contribution >= 0.6 is 0 Å². The van der Waals surface area contributed by atoms with Crippen LogP contribution in [0.15, 0.2) is 18.2 Å². The Balaban J connectivity index is 2.43. The molecule has 0 bridgehead atoms. The van der Waals surface area contributed by atoms with E-state index < -0.39 is 0 Å². The number of likely N-dealkylation sites (N-methyl/N-ethyl adjacent to an activating group) is 1. The van der Waals surface area contributed by atoms with Gasteiger partial charge in [0.25, 0.3) is 0 Å². The molecular formula is C10H14N2O. The van der Waals surface area contributed by atoms with Crippen molar-refractivity contribution in [3.63, 3.8) is 0 Å². The zero-order valence-corrected chi connectivity index (χ0v) is 7.92. The number of anilines is 1. The van der Waals surface area contributed by atoms with Gasteiger partial charge >= 0.3 is 0 Å². The lowest BCUT2D eigenvalue weighted by atomic mass is 10.1. The second-order valence-electron chi connectivity index (χ2n) is 3.15. The Hall–Kier alpha value is -1.22. The van der Waals surface area contributed by atoms with Crippen molar-refractivity contribution in [1.82, 2.24) is 5.32 Å². The average molecular weight is 178 g/mol. The molecular weight excluding hydrogens is 164 g/mol. The first-order chi connectivity index (χ1) is 6.36. The molecule has 0 radical (unpaired) electrons. The van der Waals surface area contributed by atoms with Gasteiger partial charge in [-0.2, -0.15) is 0 Å². The number of nitrogens with one attached hydrogen (secondary N) is 2. The van der Waals surface area contributed by atoms with E-state index in [0.29, 0.717) is 6.04 Å². The number of hydrogen-bond donors (Lipinski definition) is 2. The van der Waals surface area contributed by atoms with E-state index in [2.05, 4.69) is 16.7 Å². The van der Waals surface area contributed by atoms with E-state index in [9.17, 15) is 0 Å². The molecule has 1 unspecified atom stereocenters. The molecule has 13 heavy (non-hydrogen) atoms. The molecule has 2 N–H and O–H groups in total. The van der Waals surface area contributed by atoms with Crippen LogP contribution in [0.2, 0.25) is 0 Å². The zero-order chi connectivity index (χ0) is 9.26. The molecule has 0 spiro atoms. The Morgan fingerprint density at radius 2 is 2.38 bits per heavy atom. The van der Waals surface area contributed by atoms with Gasteiger partial charge in [0.05, 0.1) is 18.8 Å². The molecule has 1 aromatic rings. The van der Waals surface area contributed by atoms with E-state index in [-0.39, 0.29) is 0 Å². The van der Waals surface area contributed by atoms with E-state index in [4.69, 9.17) is 4.74 Å². The molecule has 3 nitrogen and oxygen atoms in total. The van der Waals surface area contributed by atoms with Crippen molar-refractivity contribution in [1.29, 1.82) is 0 Å². The number of para-hydroxylation sites is 1. The summed E-state index contributed by atoms with van der Waals surface area (Å²) in [5, 5.41) is 6.59. The first-order valence-corrected chi connectivity index (χ1v) is 4.45. The van der Waals surface area contributed by atoms with E-state index in [1.807, 2.05) is 19.2 Å². The summed E-state index contributed by atoms with van der Waals surface area (Å²) in [7, 11) is 3.67. The van der Waals surface area contributed by atoms with Gasteiger partial charge in [-0.15, -0.1) is 0 Å². The van der Waals surface area contributed by atoms with Gasteiger partial charge in [-0.1, -0.05) is 12.1 Å². The zero-order valence-electron chi connectivity index (χ0n) is 7.92. The maximum absolute atomic E-state index is 5.26. The Bertz CT molecular complexity index is 312. The summed E-state index contributed by atoms with van der Waals surface area (Å²) in [6, 6.07) is 6.53. The van der Waals surface area contributed by atoms with Crippen LogP contribution in [0.1, 0.15) is 11.6 Å². The SMILES string of the molecule is CNC1CNc2c(OC)cccc21. The minimum Gasteiger partial charge on any atom is -0.495 e. The maximum atomic E-state index is 5.26. The van der Waals surface area contributed by atoms with Gasteiger partial charge in [0.2, 0.25) is 0 Å². The fourth-order valence-electron chi connectivity index (χ4n) is 1.77. The Kier molecular flexibility index (Phi) is 2.10. The normalized spacial score (nSPS) is 19.4. The largest absolute Gasteiger partial charge is 0.495 e. The molecule has 1 atom stereocenters. The number of ether oxygens (including phenoxy) is 1. The lowest BCUT2D eigenvalue weighted by Gasteiger charge is -2.09. The standard InChI is InChI=1S/C10H14N2O/c1-11-8-6-12-10-7(8)4-3-5-9(10)13-2/h3-5,8,11-12H,6H2,1-2H3. The van der Waals surface area contributed by atoms with Crippen LogP contribution in [-0.4, -0.2) is 20.7 Å². The molecule has 2 rings (SSSR count). The number of methoxy groups -OCH3 is 1. The molecule has 0 aliphatic carbocycles. The van der Waals surface area contributed by atoms with Crippen LogP contribution in [-0.2, 0) is 0 Å². The average Bonchev–Trinajstić information content (AvgIpc) is 2.60. The lowest BCUT2D eigenvalue weighted by molar-refractivity contribution is 0.416. The minimum atomic E-state index is 0.407. The molecule has 0 fully saturated rings. The van der Waals surface area contributed by atoms with E-state index in [1.165, 1.54) is 5.56 Å². The molecule has 1 aromatic carbocycles. The second-order valence-corrected chi connectivity index (χ2v) is 3.15. The third kappa shape index (κ3) is 1.25. The Morgan fingerprint density at radius 1 is 1.54 bits per heavy atom. The highest BCUT2D eigenvalue weighted by Gasteiger charge is 2.22. The van der Waals surface area contributed by atoms with Crippen molar-refractivity contribution >= 4 is 5.69 Å². The number of benzene rings is 1. The van der Waals surface area contributed by atoms with Gasteiger partial charge in [0, 0.05) is 6.54 Å². The monoisotopic (exact) mass is 178 g/mol. The maximum Gasteiger partial charge on any atom is 0.142 e. The van der Waals surface area contributed by atoms with Crippen molar-refractivity contribution in [3.8, 4) is 5.75 Å². The summed E-state index contributed by atoms with van der Waals surface area (Å²) in [5.74, 6) is 0.926. The summed E-state index contributed by atoms with van der Waals surface area (Å²) in [6.45, 7) is 0.937. The predicted molar refractivity (Wildman–Crippen MR) is 53.3 cm³/mol. The molecule has 1 heterocycles. The minimum absolute atomic E-state index is 0.407. The van der Waals surface area contributed by atoms with Crippen molar-refractivity contribution < 1.29 is 4.74 Å². The van der Waals surface area contributed by atoms with Crippen molar-refractivity contribution in [2.75, 3.05) is 26.0 Å². The predicted octanol–water partition coefficient (Wildman–Crippen LogP) is 1.38. The van der Waals surface area contributed by atoms with Gasteiger partial charge in [-0.3, -0.25) is 0 Å². The summed E-state index contributed by atoms with van der Waals surface area (Å²) in [5.41, 5.74) is 2.42. The van der Waals surface area contributed by atoms with Gasteiger partial charge < -0.3 is 15.4 Å². The van der Waals surface area contributed by atoms with Crippen molar-refractivity contribution in [3.05, 3.63) is 23.8 Å². The third-order valence-electron chi connectivity index (χ3n) is 2.49. The molecule has 1 aliphatic heterocycles. The Labute approximate surface area is 78.1 Å². The molecule has 0 saturated heterocycles. The fourth-order valence-corrected chi connectivity index (χ4v) is 1.77. The first kappa shape index (κ1) is 8.38. The summed E-state index contributed by atoms with van der Waals surface area (Å²) < 4.78 is 5.26.